The molecule has 3 heterocycles. The van der Waals surface area contributed by atoms with Crippen molar-refractivity contribution < 1.29 is 4.79 Å². The summed E-state index contributed by atoms with van der Waals surface area (Å²) in [6.45, 7) is 6.95. The molecule has 0 atom stereocenters. The van der Waals surface area contributed by atoms with E-state index >= 15 is 0 Å². The molecule has 0 bridgehead atoms. The zero-order valence-electron chi connectivity index (χ0n) is 16.2. The molecule has 0 radical (unpaired) electrons. The molecule has 144 valence electrons. The average Bonchev–Trinajstić information content (AvgIpc) is 3.19. The van der Waals surface area contributed by atoms with Gasteiger partial charge in [-0.3, -0.25) is 9.69 Å². The number of nitrogens with zero attached hydrogens (tertiary/aromatic N) is 5. The predicted molar refractivity (Wildman–Crippen MR) is 105 cm³/mol. The summed E-state index contributed by atoms with van der Waals surface area (Å²) in [5.41, 5.74) is 3.19. The van der Waals surface area contributed by atoms with E-state index in [9.17, 15) is 4.79 Å². The number of piperidine rings is 2. The lowest BCUT2D eigenvalue weighted by Gasteiger charge is -2.31. The predicted octanol–water partition coefficient (Wildman–Crippen LogP) is 3.05. The van der Waals surface area contributed by atoms with Crippen LogP contribution < -0.4 is 0 Å². The molecule has 2 aliphatic heterocycles. The molecule has 2 aromatic rings. The fourth-order valence-corrected chi connectivity index (χ4v) is 4.22. The summed E-state index contributed by atoms with van der Waals surface area (Å²) < 4.78 is 1.92. The van der Waals surface area contributed by atoms with E-state index in [4.69, 9.17) is 0 Å². The maximum Gasteiger partial charge on any atom is 0.276 e. The molecular weight excluding hydrogens is 338 g/mol. The number of likely N-dealkylation sites (tertiary alicyclic amines) is 2. The number of carbonyl (C=O) groups is 1. The molecule has 6 nitrogen and oxygen atoms in total. The first-order valence-electron chi connectivity index (χ1n) is 10.2. The lowest BCUT2D eigenvalue weighted by molar-refractivity contribution is 0.0718. The third kappa shape index (κ3) is 4.38. The van der Waals surface area contributed by atoms with Gasteiger partial charge in [-0.1, -0.05) is 35.0 Å². The van der Waals surface area contributed by atoms with Crippen LogP contribution in [0.2, 0.25) is 0 Å². The van der Waals surface area contributed by atoms with Crippen molar-refractivity contribution in [3.8, 4) is 0 Å². The second-order valence-corrected chi connectivity index (χ2v) is 7.93. The van der Waals surface area contributed by atoms with Crippen molar-refractivity contribution in [3.63, 3.8) is 0 Å². The van der Waals surface area contributed by atoms with E-state index in [0.29, 0.717) is 11.7 Å². The van der Waals surface area contributed by atoms with Crippen LogP contribution in [0.25, 0.3) is 0 Å². The Hall–Kier alpha value is -2.21. The SMILES string of the molecule is Cc1cccc(CN2CCC(n3cc(C(=O)N4CCCCC4)nn3)CC2)c1. The summed E-state index contributed by atoms with van der Waals surface area (Å²) in [6.07, 6.45) is 7.37. The summed E-state index contributed by atoms with van der Waals surface area (Å²) in [5.74, 6) is 0.0397. The Morgan fingerprint density at radius 3 is 2.63 bits per heavy atom. The van der Waals surface area contributed by atoms with Crippen LogP contribution in [0.4, 0.5) is 0 Å². The van der Waals surface area contributed by atoms with E-state index in [1.807, 2.05) is 15.8 Å². The largest absolute Gasteiger partial charge is 0.337 e. The maximum absolute atomic E-state index is 12.6. The molecule has 1 amide bonds. The number of rotatable bonds is 4. The topological polar surface area (TPSA) is 54.3 Å². The Morgan fingerprint density at radius 1 is 1.11 bits per heavy atom. The van der Waals surface area contributed by atoms with Crippen molar-refractivity contribution in [1.29, 1.82) is 0 Å². The number of benzene rings is 1. The zero-order chi connectivity index (χ0) is 18.6. The molecule has 1 aromatic heterocycles. The first-order chi connectivity index (χ1) is 13.2. The van der Waals surface area contributed by atoms with Gasteiger partial charge in [0.2, 0.25) is 0 Å². The molecule has 0 unspecified atom stereocenters. The minimum atomic E-state index is 0.0397. The number of hydrogen-bond donors (Lipinski definition) is 0. The van der Waals surface area contributed by atoms with Crippen LogP contribution in [0.5, 0.6) is 0 Å². The van der Waals surface area contributed by atoms with E-state index in [2.05, 4.69) is 46.4 Å². The monoisotopic (exact) mass is 367 g/mol. The minimum absolute atomic E-state index is 0.0397. The van der Waals surface area contributed by atoms with Crippen molar-refractivity contribution in [2.75, 3.05) is 26.2 Å². The Morgan fingerprint density at radius 2 is 1.89 bits per heavy atom. The Labute approximate surface area is 161 Å². The van der Waals surface area contributed by atoms with Gasteiger partial charge in [-0.2, -0.15) is 0 Å². The van der Waals surface area contributed by atoms with Crippen LogP contribution in [0.3, 0.4) is 0 Å². The van der Waals surface area contributed by atoms with Gasteiger partial charge in [0, 0.05) is 32.7 Å². The highest BCUT2D eigenvalue weighted by atomic mass is 16.2. The molecule has 4 rings (SSSR count). The molecule has 2 fully saturated rings. The first-order valence-corrected chi connectivity index (χ1v) is 10.2. The van der Waals surface area contributed by atoms with Gasteiger partial charge >= 0.3 is 0 Å². The molecule has 0 aliphatic carbocycles. The number of carbonyl (C=O) groups excluding carboxylic acids is 1. The summed E-state index contributed by atoms with van der Waals surface area (Å²) in [5, 5.41) is 8.45. The Balaban J connectivity index is 1.32. The minimum Gasteiger partial charge on any atom is -0.337 e. The van der Waals surface area contributed by atoms with Gasteiger partial charge in [0.05, 0.1) is 12.2 Å². The lowest BCUT2D eigenvalue weighted by atomic mass is 10.0. The average molecular weight is 367 g/mol. The molecule has 27 heavy (non-hydrogen) atoms. The fourth-order valence-electron chi connectivity index (χ4n) is 4.22. The van der Waals surface area contributed by atoms with Gasteiger partial charge in [-0.25, -0.2) is 4.68 Å². The highest BCUT2D eigenvalue weighted by molar-refractivity contribution is 5.91. The molecule has 0 N–H and O–H groups in total. The van der Waals surface area contributed by atoms with E-state index in [1.54, 1.807) is 0 Å². The number of aromatic nitrogens is 3. The van der Waals surface area contributed by atoms with Gasteiger partial charge in [-0.05, 0) is 44.6 Å². The van der Waals surface area contributed by atoms with Crippen LogP contribution in [0.1, 0.15) is 59.8 Å². The van der Waals surface area contributed by atoms with Gasteiger partial charge in [0.1, 0.15) is 0 Å². The molecule has 2 aliphatic rings. The quantitative estimate of drug-likeness (QED) is 0.833. The standard InChI is InChI=1S/C21H29N5O/c1-17-6-5-7-18(14-17)15-24-12-8-19(9-13-24)26-16-20(22-23-26)21(27)25-10-3-2-4-11-25/h5-7,14,16,19H,2-4,8-13,15H2,1H3. The van der Waals surface area contributed by atoms with Crippen LogP contribution in [-0.2, 0) is 6.54 Å². The van der Waals surface area contributed by atoms with Crippen molar-refractivity contribution in [1.82, 2.24) is 24.8 Å². The Bertz CT molecular complexity index is 772. The second-order valence-electron chi connectivity index (χ2n) is 7.93. The van der Waals surface area contributed by atoms with E-state index in [1.165, 1.54) is 17.5 Å². The highest BCUT2D eigenvalue weighted by Gasteiger charge is 2.25. The third-order valence-corrected chi connectivity index (χ3v) is 5.79. The number of aryl methyl sites for hydroxylation is 1. The van der Waals surface area contributed by atoms with Crippen LogP contribution >= 0.6 is 0 Å². The van der Waals surface area contributed by atoms with Crippen molar-refractivity contribution in [2.45, 2.75) is 51.6 Å². The van der Waals surface area contributed by atoms with Crippen molar-refractivity contribution >= 4 is 5.91 Å². The molecule has 2 saturated heterocycles. The zero-order valence-corrected chi connectivity index (χ0v) is 16.2. The number of hydrogen-bond acceptors (Lipinski definition) is 4. The van der Waals surface area contributed by atoms with Crippen LogP contribution in [0.15, 0.2) is 30.5 Å². The molecule has 1 aromatic carbocycles. The van der Waals surface area contributed by atoms with Gasteiger partial charge in [0.25, 0.3) is 5.91 Å². The van der Waals surface area contributed by atoms with Gasteiger partial charge in [-0.15, -0.1) is 5.10 Å². The lowest BCUT2D eigenvalue weighted by Crippen LogP contribution is -2.36. The van der Waals surface area contributed by atoms with Gasteiger partial charge in [0.15, 0.2) is 5.69 Å². The summed E-state index contributed by atoms with van der Waals surface area (Å²) >= 11 is 0. The van der Waals surface area contributed by atoms with Crippen LogP contribution in [0, 0.1) is 6.92 Å². The highest BCUT2D eigenvalue weighted by Crippen LogP contribution is 2.23. The summed E-state index contributed by atoms with van der Waals surface area (Å²) in [6, 6.07) is 9.09. The number of amides is 1. The van der Waals surface area contributed by atoms with Gasteiger partial charge < -0.3 is 4.90 Å². The molecule has 6 heteroatoms. The van der Waals surface area contributed by atoms with Crippen molar-refractivity contribution in [3.05, 3.63) is 47.3 Å². The second kappa shape index (κ2) is 8.21. The fraction of sp³-hybridized carbons (Fsp3) is 0.571. The summed E-state index contributed by atoms with van der Waals surface area (Å²) in [4.78, 5) is 17.0. The van der Waals surface area contributed by atoms with E-state index < -0.39 is 0 Å². The molecular formula is C21H29N5O. The van der Waals surface area contributed by atoms with E-state index in [-0.39, 0.29) is 5.91 Å². The first kappa shape index (κ1) is 18.2. The maximum atomic E-state index is 12.6. The molecule has 0 saturated carbocycles. The van der Waals surface area contributed by atoms with Crippen LogP contribution in [-0.4, -0.2) is 56.9 Å². The third-order valence-electron chi connectivity index (χ3n) is 5.79. The molecule has 0 spiro atoms. The normalized spacial score (nSPS) is 19.4. The smallest absolute Gasteiger partial charge is 0.276 e. The van der Waals surface area contributed by atoms with E-state index in [0.717, 1.165) is 58.4 Å². The van der Waals surface area contributed by atoms with Crippen molar-refractivity contribution in [2.24, 2.45) is 0 Å². The summed E-state index contributed by atoms with van der Waals surface area (Å²) in [7, 11) is 0. The Kier molecular flexibility index (Phi) is 5.53.